The van der Waals surface area contributed by atoms with E-state index in [1.807, 2.05) is 13.8 Å². The van der Waals surface area contributed by atoms with Crippen LogP contribution in [0.4, 0.5) is 0 Å². The van der Waals surface area contributed by atoms with E-state index in [1.54, 1.807) is 0 Å². The van der Waals surface area contributed by atoms with Crippen LogP contribution >= 0.6 is 11.6 Å². The van der Waals surface area contributed by atoms with Crippen LogP contribution in [0.15, 0.2) is 0 Å². The van der Waals surface area contributed by atoms with E-state index in [0.717, 1.165) is 19.4 Å². The van der Waals surface area contributed by atoms with E-state index in [2.05, 4.69) is 0 Å². The molecule has 0 radical (unpaired) electrons. The van der Waals surface area contributed by atoms with Crippen molar-refractivity contribution in [1.82, 2.24) is 0 Å². The molecular weight excluding hydrogens is 260 g/mol. The number of alkyl halides is 1. The Kier molecular flexibility index (Phi) is 14.2. The van der Waals surface area contributed by atoms with Crippen molar-refractivity contribution >= 4 is 30.6 Å². The zero-order valence-corrected chi connectivity index (χ0v) is 14.1. The lowest BCUT2D eigenvalue weighted by Crippen LogP contribution is -2.24. The molecule has 16 heavy (non-hydrogen) atoms. The number of halogens is 1. The molecule has 0 amide bonds. The highest BCUT2D eigenvalue weighted by Crippen LogP contribution is 1.99. The summed E-state index contributed by atoms with van der Waals surface area (Å²) >= 11 is 5.52. The third-order valence-electron chi connectivity index (χ3n) is 2.16. The van der Waals surface area contributed by atoms with Gasteiger partial charge in [-0.1, -0.05) is 12.1 Å². The standard InChI is InChI=1S/C10H25ClO3Si2/c1-3-13-10(14-4-2)16-8-7-15-9-12-6-5-11/h10H,3-9,15-16H2,1-2H3. The Bertz CT molecular complexity index is 135. The molecule has 3 nitrogen and oxygen atoms in total. The van der Waals surface area contributed by atoms with Gasteiger partial charge in [0.15, 0.2) is 0 Å². The summed E-state index contributed by atoms with van der Waals surface area (Å²) in [5.74, 6) is 0.743. The Hall–Kier alpha value is 0.604. The first-order valence-corrected chi connectivity index (χ1v) is 10.6. The predicted molar refractivity (Wildman–Crippen MR) is 75.3 cm³/mol. The van der Waals surface area contributed by atoms with Gasteiger partial charge in [-0.3, -0.25) is 0 Å². The maximum atomic E-state index is 5.53. The predicted octanol–water partition coefficient (Wildman–Crippen LogP) is 0.730. The van der Waals surface area contributed by atoms with Crippen molar-refractivity contribution in [3.63, 3.8) is 0 Å². The van der Waals surface area contributed by atoms with Crippen LogP contribution in [0.25, 0.3) is 0 Å². The zero-order valence-electron chi connectivity index (χ0n) is 10.5. The average Bonchev–Trinajstić information content (AvgIpc) is 2.28. The van der Waals surface area contributed by atoms with Crippen molar-refractivity contribution in [3.05, 3.63) is 0 Å². The smallest absolute Gasteiger partial charge is 0.134 e. The van der Waals surface area contributed by atoms with Gasteiger partial charge < -0.3 is 14.2 Å². The van der Waals surface area contributed by atoms with E-state index >= 15 is 0 Å². The van der Waals surface area contributed by atoms with Gasteiger partial charge in [0.25, 0.3) is 0 Å². The Balaban J connectivity index is 3.25. The van der Waals surface area contributed by atoms with Crippen LogP contribution in [0.5, 0.6) is 0 Å². The molecule has 0 saturated carbocycles. The first-order valence-electron chi connectivity index (χ1n) is 6.22. The third kappa shape index (κ3) is 11.1. The van der Waals surface area contributed by atoms with Crippen molar-refractivity contribution in [3.8, 4) is 0 Å². The van der Waals surface area contributed by atoms with Gasteiger partial charge in [0, 0.05) is 25.3 Å². The molecule has 0 bridgehead atoms. The largest absolute Gasteiger partial charge is 0.384 e. The Morgan fingerprint density at radius 1 is 1.12 bits per heavy atom. The molecule has 0 atom stereocenters. The number of hydrogen-bond acceptors (Lipinski definition) is 3. The second kappa shape index (κ2) is 13.7. The lowest BCUT2D eigenvalue weighted by molar-refractivity contribution is -0.0826. The molecule has 0 aromatic carbocycles. The fourth-order valence-corrected chi connectivity index (χ4v) is 5.86. The monoisotopic (exact) mass is 284 g/mol. The van der Waals surface area contributed by atoms with Gasteiger partial charge in [-0.25, -0.2) is 0 Å². The molecule has 0 fully saturated rings. The van der Waals surface area contributed by atoms with Crippen LogP contribution in [0, 0.1) is 0 Å². The topological polar surface area (TPSA) is 27.7 Å². The van der Waals surface area contributed by atoms with E-state index in [4.69, 9.17) is 25.8 Å². The van der Waals surface area contributed by atoms with Crippen molar-refractivity contribution in [2.75, 3.05) is 31.9 Å². The molecule has 0 unspecified atom stereocenters. The van der Waals surface area contributed by atoms with Crippen LogP contribution < -0.4 is 0 Å². The molecule has 0 aliphatic heterocycles. The molecular formula is C10H25ClO3Si2. The summed E-state index contributed by atoms with van der Waals surface area (Å²) in [6, 6.07) is 2.67. The number of hydrogen-bond donors (Lipinski definition) is 0. The molecule has 6 heteroatoms. The van der Waals surface area contributed by atoms with E-state index in [1.165, 1.54) is 12.1 Å². The first kappa shape index (κ1) is 16.6. The highest BCUT2D eigenvalue weighted by Gasteiger charge is 2.07. The molecule has 0 heterocycles. The van der Waals surface area contributed by atoms with Crippen LogP contribution in [0.3, 0.4) is 0 Å². The lowest BCUT2D eigenvalue weighted by atomic mass is 10.8. The summed E-state index contributed by atoms with van der Waals surface area (Å²) in [6.45, 7) is 6.26. The maximum absolute atomic E-state index is 5.53. The highest BCUT2D eigenvalue weighted by molar-refractivity contribution is 6.42. The average molecular weight is 285 g/mol. The van der Waals surface area contributed by atoms with Crippen LogP contribution in [0.2, 0.25) is 12.1 Å². The molecule has 0 N–H and O–H groups in total. The zero-order chi connectivity index (χ0) is 12.1. The molecule has 0 aromatic heterocycles. The van der Waals surface area contributed by atoms with Gasteiger partial charge >= 0.3 is 0 Å². The molecule has 0 aliphatic rings. The van der Waals surface area contributed by atoms with Crippen molar-refractivity contribution in [2.45, 2.75) is 31.8 Å². The van der Waals surface area contributed by atoms with Crippen molar-refractivity contribution < 1.29 is 14.2 Å². The Labute approximate surface area is 109 Å². The highest BCUT2D eigenvalue weighted by atomic mass is 35.5. The van der Waals surface area contributed by atoms with Gasteiger partial charge in [0.1, 0.15) is 5.91 Å². The molecule has 0 spiro atoms. The molecule has 0 saturated heterocycles. The Morgan fingerprint density at radius 2 is 1.81 bits per heavy atom. The summed E-state index contributed by atoms with van der Waals surface area (Å²) in [5, 5.41) is 0. The van der Waals surface area contributed by atoms with E-state index in [0.29, 0.717) is 12.5 Å². The van der Waals surface area contributed by atoms with Gasteiger partial charge in [0.05, 0.1) is 25.6 Å². The third-order valence-corrected chi connectivity index (χ3v) is 6.74. The summed E-state index contributed by atoms with van der Waals surface area (Å²) in [4.78, 5) is 0. The van der Waals surface area contributed by atoms with E-state index < -0.39 is 0 Å². The first-order chi connectivity index (χ1) is 7.85. The summed E-state index contributed by atoms with van der Waals surface area (Å²) in [5.41, 5.74) is 0. The van der Waals surface area contributed by atoms with Crippen molar-refractivity contribution in [1.29, 1.82) is 0 Å². The summed E-state index contributed by atoms with van der Waals surface area (Å²) in [6.07, 6.45) is 0.967. The second-order valence-electron chi connectivity index (χ2n) is 3.49. The summed E-state index contributed by atoms with van der Waals surface area (Å²) < 4.78 is 16.4. The minimum atomic E-state index is -0.228. The quantitative estimate of drug-likeness (QED) is 0.229. The molecule has 0 aromatic rings. The van der Waals surface area contributed by atoms with Gasteiger partial charge in [-0.2, -0.15) is 0 Å². The minimum absolute atomic E-state index is 0.0371. The summed E-state index contributed by atoms with van der Waals surface area (Å²) in [7, 11) is -0.265. The van der Waals surface area contributed by atoms with E-state index in [-0.39, 0.29) is 25.0 Å². The van der Waals surface area contributed by atoms with E-state index in [9.17, 15) is 0 Å². The van der Waals surface area contributed by atoms with Crippen molar-refractivity contribution in [2.24, 2.45) is 0 Å². The fourth-order valence-electron chi connectivity index (χ4n) is 1.44. The normalized spacial score (nSPS) is 12.8. The van der Waals surface area contributed by atoms with Crippen LogP contribution in [-0.2, 0) is 14.2 Å². The van der Waals surface area contributed by atoms with Crippen LogP contribution in [0.1, 0.15) is 13.8 Å². The lowest BCUT2D eigenvalue weighted by Gasteiger charge is -2.16. The molecule has 98 valence electrons. The SMILES string of the molecule is CCOC(OCC)[SiH2]CC[SiH2]COCCCl. The fraction of sp³-hybridized carbons (Fsp3) is 1.00. The number of ether oxygens (including phenoxy) is 3. The van der Waals surface area contributed by atoms with Gasteiger partial charge in [-0.05, 0) is 13.8 Å². The minimum Gasteiger partial charge on any atom is -0.384 e. The van der Waals surface area contributed by atoms with Gasteiger partial charge in [0.2, 0.25) is 0 Å². The number of rotatable bonds is 12. The maximum Gasteiger partial charge on any atom is 0.134 e. The second-order valence-corrected chi connectivity index (χ2v) is 7.64. The Morgan fingerprint density at radius 3 is 2.38 bits per heavy atom. The molecule has 0 rings (SSSR count). The molecule has 0 aliphatic carbocycles. The van der Waals surface area contributed by atoms with Crippen LogP contribution in [-0.4, -0.2) is 56.9 Å². The van der Waals surface area contributed by atoms with Gasteiger partial charge in [-0.15, -0.1) is 11.6 Å².